The Labute approximate surface area is 122 Å². The Hall–Kier alpha value is -0.998. The van der Waals surface area contributed by atoms with Gasteiger partial charge in [0, 0.05) is 38.0 Å². The van der Waals surface area contributed by atoms with Crippen LogP contribution in [0.3, 0.4) is 0 Å². The van der Waals surface area contributed by atoms with Crippen molar-refractivity contribution in [2.75, 3.05) is 0 Å². The molecule has 2 rings (SSSR count). The molecule has 2 aromatic carbocycles. The fourth-order valence-electron chi connectivity index (χ4n) is 1.51. The van der Waals surface area contributed by atoms with E-state index in [1.165, 1.54) is 6.92 Å². The third-order valence-corrected chi connectivity index (χ3v) is 4.18. The molecule has 0 unspecified atom stereocenters. The van der Waals surface area contributed by atoms with Crippen LogP contribution in [-0.2, 0) is 29.7 Å². The van der Waals surface area contributed by atoms with Crippen molar-refractivity contribution in [2.24, 2.45) is 0 Å². The van der Waals surface area contributed by atoms with Crippen LogP contribution in [-0.4, -0.2) is 5.97 Å². The summed E-state index contributed by atoms with van der Waals surface area (Å²) < 4.78 is 5.45. The van der Waals surface area contributed by atoms with E-state index in [1.807, 2.05) is 60.7 Å². The van der Waals surface area contributed by atoms with E-state index in [4.69, 9.17) is 4.52 Å². The van der Waals surface area contributed by atoms with Crippen molar-refractivity contribution in [3.05, 3.63) is 60.7 Å². The zero-order valence-electron chi connectivity index (χ0n) is 9.85. The molecule has 0 fully saturated rings. The summed E-state index contributed by atoms with van der Waals surface area (Å²) in [5.41, 5.74) is 0. The van der Waals surface area contributed by atoms with Gasteiger partial charge in [0.05, 0.1) is 0 Å². The summed E-state index contributed by atoms with van der Waals surface area (Å²) in [5, 5.41) is 2.09. The van der Waals surface area contributed by atoms with Gasteiger partial charge in [0.1, 0.15) is 0 Å². The Morgan fingerprint density at radius 3 is 1.61 bits per heavy atom. The Morgan fingerprint density at radius 1 is 0.889 bits per heavy atom. The topological polar surface area (TPSA) is 26.3 Å². The Balaban J connectivity index is 0.00000162. The maximum Gasteiger partial charge on any atom is 0.305 e. The molecule has 0 aliphatic rings. The van der Waals surface area contributed by atoms with Crippen LogP contribution in [0.2, 0.25) is 0 Å². The van der Waals surface area contributed by atoms with Gasteiger partial charge < -0.3 is 4.52 Å². The molecule has 0 bridgehead atoms. The van der Waals surface area contributed by atoms with Crippen LogP contribution in [0.15, 0.2) is 60.7 Å². The van der Waals surface area contributed by atoms with E-state index in [1.54, 1.807) is 0 Å². The van der Waals surface area contributed by atoms with Gasteiger partial charge in [-0.05, 0) is 0 Å². The third-order valence-electron chi connectivity index (χ3n) is 2.20. The first kappa shape index (κ1) is 15.1. The standard InChI is InChI=1S/C14H13O2P.Pd/c1-12(15)16-17(13-8-4-2-5-9-13)14-10-6-3-7-11-14;/h2-11H,1H3;. The fraction of sp³-hybridized carbons (Fsp3) is 0.0714. The fourth-order valence-corrected chi connectivity index (χ4v) is 3.16. The van der Waals surface area contributed by atoms with Gasteiger partial charge in [0.2, 0.25) is 0 Å². The van der Waals surface area contributed by atoms with Crippen LogP contribution in [0, 0.1) is 0 Å². The van der Waals surface area contributed by atoms with E-state index >= 15 is 0 Å². The van der Waals surface area contributed by atoms with Crippen molar-refractivity contribution in [1.29, 1.82) is 0 Å². The second-order valence-electron chi connectivity index (χ2n) is 3.55. The van der Waals surface area contributed by atoms with Crippen LogP contribution < -0.4 is 10.6 Å². The molecule has 0 heterocycles. The molecule has 2 aromatic rings. The average molecular weight is 351 g/mol. The van der Waals surface area contributed by atoms with Crippen LogP contribution in [0.4, 0.5) is 0 Å². The zero-order valence-corrected chi connectivity index (χ0v) is 12.3. The monoisotopic (exact) mass is 350 g/mol. The van der Waals surface area contributed by atoms with Gasteiger partial charge in [0.15, 0.2) is 8.15 Å². The Bertz CT molecular complexity index is 448. The molecule has 0 saturated heterocycles. The number of carbonyl (C=O) groups is 1. The van der Waals surface area contributed by atoms with Crippen molar-refractivity contribution in [1.82, 2.24) is 0 Å². The molecule has 18 heavy (non-hydrogen) atoms. The molecule has 0 aliphatic carbocycles. The first-order valence-corrected chi connectivity index (χ1v) is 6.62. The average Bonchev–Trinajstić information content (AvgIpc) is 2.38. The van der Waals surface area contributed by atoms with E-state index in [0.717, 1.165) is 10.6 Å². The van der Waals surface area contributed by atoms with Crippen molar-refractivity contribution >= 4 is 24.7 Å². The minimum absolute atomic E-state index is 0. The summed E-state index contributed by atoms with van der Waals surface area (Å²) in [7, 11) is -1.04. The summed E-state index contributed by atoms with van der Waals surface area (Å²) in [5.74, 6) is -0.246. The molecule has 0 saturated carbocycles. The molecule has 0 amide bonds. The van der Waals surface area contributed by atoms with Crippen molar-refractivity contribution in [2.45, 2.75) is 6.92 Å². The van der Waals surface area contributed by atoms with Crippen LogP contribution in [0.1, 0.15) is 6.92 Å². The molecule has 0 spiro atoms. The van der Waals surface area contributed by atoms with E-state index in [-0.39, 0.29) is 26.4 Å². The summed E-state index contributed by atoms with van der Waals surface area (Å²) in [4.78, 5) is 11.2. The first-order valence-electron chi connectivity index (χ1n) is 5.36. The minimum Gasteiger partial charge on any atom is -0.435 e. The van der Waals surface area contributed by atoms with E-state index in [2.05, 4.69) is 0 Å². The Kier molecular flexibility index (Phi) is 6.23. The van der Waals surface area contributed by atoms with Gasteiger partial charge in [-0.3, -0.25) is 4.79 Å². The molecule has 0 aromatic heterocycles. The van der Waals surface area contributed by atoms with Gasteiger partial charge >= 0.3 is 5.97 Å². The number of hydrogen-bond acceptors (Lipinski definition) is 2. The predicted molar refractivity (Wildman–Crippen MR) is 70.8 cm³/mol. The smallest absolute Gasteiger partial charge is 0.305 e. The molecule has 0 radical (unpaired) electrons. The number of hydrogen-bond donors (Lipinski definition) is 0. The number of benzene rings is 2. The zero-order chi connectivity index (χ0) is 12.1. The molecule has 0 aliphatic heterocycles. The second kappa shape index (κ2) is 7.44. The van der Waals surface area contributed by atoms with E-state index < -0.39 is 8.15 Å². The normalized spacial score (nSPS) is 9.67. The van der Waals surface area contributed by atoms with Gasteiger partial charge in [-0.2, -0.15) is 0 Å². The SMILES string of the molecule is CC(=O)OP(c1ccccc1)c1ccccc1.[Pd]. The number of carbonyl (C=O) groups excluding carboxylic acids is 1. The maximum absolute atomic E-state index is 11.2. The summed E-state index contributed by atoms with van der Waals surface area (Å²) in [6, 6.07) is 19.7. The van der Waals surface area contributed by atoms with E-state index in [9.17, 15) is 4.79 Å². The number of rotatable bonds is 3. The summed E-state index contributed by atoms with van der Waals surface area (Å²) in [6.45, 7) is 1.45. The largest absolute Gasteiger partial charge is 0.435 e. The quantitative estimate of drug-likeness (QED) is 0.628. The summed E-state index contributed by atoms with van der Waals surface area (Å²) >= 11 is 0. The molecular formula is C14H13O2PPd. The first-order chi connectivity index (χ1) is 8.27. The Morgan fingerprint density at radius 2 is 1.28 bits per heavy atom. The molecular weight excluding hydrogens is 338 g/mol. The van der Waals surface area contributed by atoms with Crippen molar-refractivity contribution < 1.29 is 29.7 Å². The van der Waals surface area contributed by atoms with Gasteiger partial charge in [-0.1, -0.05) is 60.7 Å². The third kappa shape index (κ3) is 4.03. The van der Waals surface area contributed by atoms with E-state index in [0.29, 0.717) is 0 Å². The minimum atomic E-state index is -1.04. The van der Waals surface area contributed by atoms with Crippen molar-refractivity contribution in [3.8, 4) is 0 Å². The van der Waals surface area contributed by atoms with Gasteiger partial charge in [0.25, 0.3) is 0 Å². The van der Waals surface area contributed by atoms with Gasteiger partial charge in [-0.25, -0.2) is 0 Å². The molecule has 0 atom stereocenters. The molecule has 0 N–H and O–H groups in total. The predicted octanol–water partition coefficient (Wildman–Crippen LogP) is 2.59. The van der Waals surface area contributed by atoms with Gasteiger partial charge in [-0.15, -0.1) is 0 Å². The second-order valence-corrected chi connectivity index (χ2v) is 5.35. The molecule has 96 valence electrons. The maximum atomic E-state index is 11.2. The van der Waals surface area contributed by atoms with Crippen molar-refractivity contribution in [3.63, 3.8) is 0 Å². The summed E-state index contributed by atoms with van der Waals surface area (Å²) in [6.07, 6.45) is 0. The van der Waals surface area contributed by atoms with Crippen LogP contribution in [0.5, 0.6) is 0 Å². The van der Waals surface area contributed by atoms with Crippen LogP contribution >= 0.6 is 8.15 Å². The molecule has 2 nitrogen and oxygen atoms in total. The van der Waals surface area contributed by atoms with Crippen LogP contribution in [0.25, 0.3) is 0 Å². The molecule has 4 heteroatoms.